The Labute approximate surface area is 103 Å². The van der Waals surface area contributed by atoms with Gasteiger partial charge in [0.05, 0.1) is 0 Å². The second-order valence-electron chi connectivity index (χ2n) is 4.50. The molecule has 4 nitrogen and oxygen atoms in total. The van der Waals surface area contributed by atoms with E-state index in [1.807, 2.05) is 62.3 Å². The molecule has 17 heavy (non-hydrogen) atoms. The molecule has 0 aliphatic heterocycles. The van der Waals surface area contributed by atoms with Gasteiger partial charge in [0, 0.05) is 38.4 Å². The molecule has 1 aromatic carbocycles. The van der Waals surface area contributed by atoms with Crippen molar-refractivity contribution in [3.63, 3.8) is 0 Å². The molecular weight excluding hydrogens is 214 g/mol. The zero-order valence-electron chi connectivity index (χ0n) is 11.0. The van der Waals surface area contributed by atoms with E-state index in [4.69, 9.17) is 0 Å². The Bertz CT molecular complexity index is 375. The monoisotopic (exact) mass is 235 g/mol. The fourth-order valence-corrected chi connectivity index (χ4v) is 1.42. The zero-order chi connectivity index (χ0) is 12.8. The van der Waals surface area contributed by atoms with Crippen molar-refractivity contribution in [3.8, 4) is 0 Å². The largest absolute Gasteiger partial charge is 0.378 e. The number of carbonyl (C=O) groups is 1. The summed E-state index contributed by atoms with van der Waals surface area (Å²) in [7, 11) is 7.89. The Morgan fingerprint density at radius 2 is 1.94 bits per heavy atom. The van der Waals surface area contributed by atoms with E-state index in [2.05, 4.69) is 5.32 Å². The van der Waals surface area contributed by atoms with Crippen LogP contribution in [0.15, 0.2) is 24.3 Å². The molecule has 94 valence electrons. The van der Waals surface area contributed by atoms with Gasteiger partial charge in [-0.25, -0.2) is 0 Å². The minimum Gasteiger partial charge on any atom is -0.378 e. The molecule has 0 saturated heterocycles. The fraction of sp³-hybridized carbons (Fsp3) is 0.462. The summed E-state index contributed by atoms with van der Waals surface area (Å²) >= 11 is 0. The van der Waals surface area contributed by atoms with Crippen LogP contribution in [0.3, 0.4) is 0 Å². The molecule has 0 saturated carbocycles. The number of carbonyl (C=O) groups excluding carboxylic acids is 1. The number of rotatable bonds is 5. The molecule has 0 aromatic heterocycles. The summed E-state index contributed by atoms with van der Waals surface area (Å²) in [6.07, 6.45) is 0. The first-order valence-corrected chi connectivity index (χ1v) is 5.71. The first kappa shape index (κ1) is 13.5. The van der Waals surface area contributed by atoms with E-state index in [0.29, 0.717) is 12.1 Å². The zero-order valence-corrected chi connectivity index (χ0v) is 11.0. The summed E-state index contributed by atoms with van der Waals surface area (Å²) in [5.74, 6) is -0.0180. The summed E-state index contributed by atoms with van der Waals surface area (Å²) in [6, 6.07) is 7.61. The minimum absolute atomic E-state index is 0.0180. The highest BCUT2D eigenvalue weighted by atomic mass is 16.1. The van der Waals surface area contributed by atoms with Crippen LogP contribution in [0.25, 0.3) is 0 Å². The van der Waals surface area contributed by atoms with Gasteiger partial charge in [-0.1, -0.05) is 6.07 Å². The number of nitrogens with one attached hydrogen (secondary N) is 1. The van der Waals surface area contributed by atoms with Crippen LogP contribution in [-0.4, -0.2) is 52.1 Å². The lowest BCUT2D eigenvalue weighted by Crippen LogP contribution is -2.31. The van der Waals surface area contributed by atoms with Crippen LogP contribution in [0, 0.1) is 0 Å². The van der Waals surface area contributed by atoms with Crippen molar-refractivity contribution in [1.29, 1.82) is 0 Å². The summed E-state index contributed by atoms with van der Waals surface area (Å²) in [5, 5.41) is 2.90. The average Bonchev–Trinajstić information content (AvgIpc) is 2.28. The van der Waals surface area contributed by atoms with Crippen molar-refractivity contribution in [2.75, 3.05) is 46.2 Å². The first-order chi connectivity index (χ1) is 8.00. The molecule has 4 heteroatoms. The van der Waals surface area contributed by atoms with Gasteiger partial charge < -0.3 is 15.1 Å². The van der Waals surface area contributed by atoms with Gasteiger partial charge in [-0.3, -0.25) is 4.79 Å². The third kappa shape index (κ3) is 4.44. The van der Waals surface area contributed by atoms with Gasteiger partial charge in [0.1, 0.15) is 0 Å². The molecule has 0 radical (unpaired) electrons. The second-order valence-corrected chi connectivity index (χ2v) is 4.50. The van der Waals surface area contributed by atoms with Crippen LogP contribution >= 0.6 is 0 Å². The highest BCUT2D eigenvalue weighted by Crippen LogP contribution is 2.12. The van der Waals surface area contributed by atoms with E-state index < -0.39 is 0 Å². The number of likely N-dealkylation sites (N-methyl/N-ethyl adjacent to an activating group) is 1. The molecule has 1 N–H and O–H groups in total. The lowest BCUT2D eigenvalue weighted by atomic mass is 10.2. The quantitative estimate of drug-likeness (QED) is 0.828. The topological polar surface area (TPSA) is 35.6 Å². The normalized spacial score (nSPS) is 10.4. The Morgan fingerprint density at radius 1 is 1.24 bits per heavy atom. The maximum atomic E-state index is 11.9. The van der Waals surface area contributed by atoms with Gasteiger partial charge >= 0.3 is 0 Å². The Balaban J connectivity index is 2.59. The van der Waals surface area contributed by atoms with E-state index in [9.17, 15) is 4.79 Å². The molecule has 0 aliphatic carbocycles. The highest BCUT2D eigenvalue weighted by Gasteiger charge is 2.06. The lowest BCUT2D eigenvalue weighted by molar-refractivity contribution is 0.0951. The number of amides is 1. The molecule has 1 aromatic rings. The SMILES string of the molecule is CN(C)CCNC(=O)c1cccc(N(C)C)c1. The number of hydrogen-bond acceptors (Lipinski definition) is 3. The van der Waals surface area contributed by atoms with Gasteiger partial charge in [0.15, 0.2) is 0 Å². The predicted molar refractivity (Wildman–Crippen MR) is 71.7 cm³/mol. The number of hydrogen-bond donors (Lipinski definition) is 1. The molecule has 1 amide bonds. The molecule has 0 spiro atoms. The van der Waals surface area contributed by atoms with Crippen LogP contribution in [0.1, 0.15) is 10.4 Å². The number of benzene rings is 1. The molecule has 0 unspecified atom stereocenters. The number of nitrogens with zero attached hydrogens (tertiary/aromatic N) is 2. The third-order valence-electron chi connectivity index (χ3n) is 2.47. The Kier molecular flexibility index (Phi) is 4.97. The fourth-order valence-electron chi connectivity index (χ4n) is 1.42. The maximum absolute atomic E-state index is 11.9. The van der Waals surface area contributed by atoms with Crippen molar-refractivity contribution < 1.29 is 4.79 Å². The summed E-state index contributed by atoms with van der Waals surface area (Å²) in [6.45, 7) is 1.51. The molecule has 0 bridgehead atoms. The summed E-state index contributed by atoms with van der Waals surface area (Å²) in [4.78, 5) is 15.9. The first-order valence-electron chi connectivity index (χ1n) is 5.71. The smallest absolute Gasteiger partial charge is 0.251 e. The van der Waals surface area contributed by atoms with Gasteiger partial charge in [-0.2, -0.15) is 0 Å². The minimum atomic E-state index is -0.0180. The molecule has 1 rings (SSSR count). The van der Waals surface area contributed by atoms with Crippen molar-refractivity contribution in [2.45, 2.75) is 0 Å². The molecule has 0 aliphatic rings. The van der Waals surface area contributed by atoms with Crippen LogP contribution in [0.2, 0.25) is 0 Å². The summed E-state index contributed by atoms with van der Waals surface area (Å²) < 4.78 is 0. The van der Waals surface area contributed by atoms with Gasteiger partial charge in [-0.05, 0) is 32.3 Å². The van der Waals surface area contributed by atoms with Crippen LogP contribution in [0.4, 0.5) is 5.69 Å². The standard InChI is InChI=1S/C13H21N3O/c1-15(2)9-8-14-13(17)11-6-5-7-12(10-11)16(3)4/h5-7,10H,8-9H2,1-4H3,(H,14,17). The van der Waals surface area contributed by atoms with Crippen molar-refractivity contribution in [3.05, 3.63) is 29.8 Å². The molecule has 0 fully saturated rings. The maximum Gasteiger partial charge on any atom is 0.251 e. The number of anilines is 1. The molecule has 0 heterocycles. The van der Waals surface area contributed by atoms with Crippen molar-refractivity contribution in [2.24, 2.45) is 0 Å². The van der Waals surface area contributed by atoms with Gasteiger partial charge in [0.25, 0.3) is 5.91 Å². The average molecular weight is 235 g/mol. The third-order valence-corrected chi connectivity index (χ3v) is 2.47. The van der Waals surface area contributed by atoms with E-state index >= 15 is 0 Å². The summed E-state index contributed by atoms with van der Waals surface area (Å²) in [5.41, 5.74) is 1.74. The van der Waals surface area contributed by atoms with Crippen molar-refractivity contribution in [1.82, 2.24) is 10.2 Å². The molecule has 0 atom stereocenters. The van der Waals surface area contributed by atoms with E-state index in [1.54, 1.807) is 0 Å². The van der Waals surface area contributed by atoms with E-state index in [1.165, 1.54) is 0 Å². The van der Waals surface area contributed by atoms with Gasteiger partial charge in [0.2, 0.25) is 0 Å². The highest BCUT2D eigenvalue weighted by molar-refractivity contribution is 5.95. The van der Waals surface area contributed by atoms with Crippen LogP contribution in [0.5, 0.6) is 0 Å². The van der Waals surface area contributed by atoms with E-state index in [0.717, 1.165) is 12.2 Å². The molecular formula is C13H21N3O. The van der Waals surface area contributed by atoms with Crippen molar-refractivity contribution >= 4 is 11.6 Å². The second kappa shape index (κ2) is 6.25. The predicted octanol–water partition coefficient (Wildman–Crippen LogP) is 1.04. The van der Waals surface area contributed by atoms with Crippen LogP contribution in [-0.2, 0) is 0 Å². The van der Waals surface area contributed by atoms with Gasteiger partial charge in [-0.15, -0.1) is 0 Å². The van der Waals surface area contributed by atoms with Crippen LogP contribution < -0.4 is 10.2 Å². The Hall–Kier alpha value is -1.55. The Morgan fingerprint density at radius 3 is 2.53 bits per heavy atom. The van der Waals surface area contributed by atoms with E-state index in [-0.39, 0.29) is 5.91 Å². The lowest BCUT2D eigenvalue weighted by Gasteiger charge is -2.14.